The van der Waals surface area contributed by atoms with Gasteiger partial charge in [0, 0.05) is 13.1 Å². The number of aliphatic hydroxyl groups is 4. The van der Waals surface area contributed by atoms with Crippen LogP contribution in [0.15, 0.2) is 42.5 Å². The molecule has 1 saturated heterocycles. The number of aliphatic hydroxyl groups excluding tert-OH is 4. The zero-order valence-corrected chi connectivity index (χ0v) is 12.2. The number of β-amino-alcohol motifs (C(OH)–C–C–N with tert-alkyl or cyclic N) is 1. The van der Waals surface area contributed by atoms with E-state index in [4.69, 9.17) is 0 Å². The molecule has 4 atom stereocenters. The summed E-state index contributed by atoms with van der Waals surface area (Å²) in [7, 11) is 0. The Kier molecular flexibility index (Phi) is 4.42. The molecule has 118 valence electrons. The van der Waals surface area contributed by atoms with Gasteiger partial charge in [-0.1, -0.05) is 36.4 Å². The van der Waals surface area contributed by atoms with E-state index in [1.807, 2.05) is 41.3 Å². The highest BCUT2D eigenvalue weighted by Crippen LogP contribution is 2.23. The number of hydrogen-bond donors (Lipinski definition) is 4. The second-order valence-corrected chi connectivity index (χ2v) is 5.91. The largest absolute Gasteiger partial charge is 0.395 e. The van der Waals surface area contributed by atoms with Crippen molar-refractivity contribution in [3.8, 4) is 0 Å². The fourth-order valence-corrected chi connectivity index (χ4v) is 3.13. The van der Waals surface area contributed by atoms with Crippen molar-refractivity contribution in [2.45, 2.75) is 30.9 Å². The Morgan fingerprint density at radius 3 is 2.41 bits per heavy atom. The van der Waals surface area contributed by atoms with Crippen LogP contribution in [-0.4, -0.2) is 62.8 Å². The SMILES string of the molecule is OCC1[C@@H](O)[C@@H](O)[C@H](O)CN1Cc1ccc2ccccc2c1. The lowest BCUT2D eigenvalue weighted by Crippen LogP contribution is -2.62. The summed E-state index contributed by atoms with van der Waals surface area (Å²) in [6.45, 7) is 0.450. The van der Waals surface area contributed by atoms with Gasteiger partial charge in [0.1, 0.15) is 12.2 Å². The Bertz CT molecular complexity index is 647. The van der Waals surface area contributed by atoms with Crippen LogP contribution >= 0.6 is 0 Å². The van der Waals surface area contributed by atoms with Crippen LogP contribution in [0.4, 0.5) is 0 Å². The highest BCUT2D eigenvalue weighted by atomic mass is 16.4. The molecule has 2 aromatic carbocycles. The van der Waals surface area contributed by atoms with E-state index in [0.717, 1.165) is 16.3 Å². The van der Waals surface area contributed by atoms with Crippen molar-refractivity contribution in [1.29, 1.82) is 0 Å². The first kappa shape index (κ1) is 15.4. The van der Waals surface area contributed by atoms with Gasteiger partial charge in [-0.25, -0.2) is 0 Å². The molecule has 0 amide bonds. The van der Waals surface area contributed by atoms with Crippen molar-refractivity contribution < 1.29 is 20.4 Å². The Balaban J connectivity index is 1.83. The van der Waals surface area contributed by atoms with Crippen LogP contribution in [0, 0.1) is 0 Å². The van der Waals surface area contributed by atoms with Crippen LogP contribution < -0.4 is 0 Å². The maximum Gasteiger partial charge on any atom is 0.109 e. The van der Waals surface area contributed by atoms with Crippen LogP contribution in [0.3, 0.4) is 0 Å². The maximum atomic E-state index is 10.0. The molecule has 1 unspecified atom stereocenters. The molecule has 1 aliphatic heterocycles. The van der Waals surface area contributed by atoms with E-state index < -0.39 is 24.4 Å². The van der Waals surface area contributed by atoms with Crippen molar-refractivity contribution in [2.75, 3.05) is 13.2 Å². The van der Waals surface area contributed by atoms with E-state index in [-0.39, 0.29) is 13.2 Å². The molecule has 3 rings (SSSR count). The standard InChI is InChI=1S/C17H21NO4/c19-10-14-16(21)17(22)15(20)9-18(14)8-11-5-6-12-3-1-2-4-13(12)7-11/h1-7,14-17,19-22H,8-10H2/t14?,15-,16-,17+/m1/s1. The fourth-order valence-electron chi connectivity index (χ4n) is 3.13. The molecule has 2 aromatic rings. The molecule has 5 nitrogen and oxygen atoms in total. The average molecular weight is 303 g/mol. The molecule has 0 aliphatic carbocycles. The van der Waals surface area contributed by atoms with Gasteiger partial charge < -0.3 is 20.4 Å². The number of rotatable bonds is 3. The number of benzene rings is 2. The number of hydrogen-bond acceptors (Lipinski definition) is 5. The van der Waals surface area contributed by atoms with Crippen LogP contribution in [0.5, 0.6) is 0 Å². The van der Waals surface area contributed by atoms with Gasteiger partial charge in [-0.3, -0.25) is 4.90 Å². The first-order chi connectivity index (χ1) is 10.6. The van der Waals surface area contributed by atoms with Crippen LogP contribution in [0.1, 0.15) is 5.56 Å². The summed E-state index contributed by atoms with van der Waals surface area (Å²) in [6, 6.07) is 13.6. The summed E-state index contributed by atoms with van der Waals surface area (Å²) in [5, 5.41) is 41.4. The fraction of sp³-hybridized carbons (Fsp3) is 0.412. The van der Waals surface area contributed by atoms with Crippen molar-refractivity contribution in [3.63, 3.8) is 0 Å². The van der Waals surface area contributed by atoms with Crippen molar-refractivity contribution in [3.05, 3.63) is 48.0 Å². The molecular weight excluding hydrogens is 282 g/mol. The van der Waals surface area contributed by atoms with Gasteiger partial charge in [0.05, 0.1) is 18.8 Å². The molecule has 0 bridgehead atoms. The third-order valence-corrected chi connectivity index (χ3v) is 4.42. The van der Waals surface area contributed by atoms with Crippen LogP contribution in [-0.2, 0) is 6.54 Å². The number of nitrogens with zero attached hydrogens (tertiary/aromatic N) is 1. The minimum atomic E-state index is -1.22. The molecule has 1 heterocycles. The Hall–Kier alpha value is -1.50. The summed E-state index contributed by atoms with van der Waals surface area (Å²) in [6.07, 6.45) is -3.39. The van der Waals surface area contributed by atoms with Gasteiger partial charge in [0.25, 0.3) is 0 Å². The number of fused-ring (bicyclic) bond motifs is 1. The highest BCUT2D eigenvalue weighted by molar-refractivity contribution is 5.82. The topological polar surface area (TPSA) is 84.2 Å². The summed E-state index contributed by atoms with van der Waals surface area (Å²) >= 11 is 0. The summed E-state index contributed by atoms with van der Waals surface area (Å²) in [5.74, 6) is 0. The van der Waals surface area contributed by atoms with Gasteiger partial charge >= 0.3 is 0 Å². The Morgan fingerprint density at radius 2 is 1.68 bits per heavy atom. The van der Waals surface area contributed by atoms with E-state index >= 15 is 0 Å². The first-order valence-corrected chi connectivity index (χ1v) is 7.47. The third-order valence-electron chi connectivity index (χ3n) is 4.42. The summed E-state index contributed by atoms with van der Waals surface area (Å²) < 4.78 is 0. The minimum absolute atomic E-state index is 0.219. The van der Waals surface area contributed by atoms with Gasteiger partial charge in [0.2, 0.25) is 0 Å². The predicted octanol–water partition coefficient (Wildman–Crippen LogP) is 0.0990. The molecule has 22 heavy (non-hydrogen) atoms. The monoisotopic (exact) mass is 303 g/mol. The normalized spacial score (nSPS) is 29.8. The highest BCUT2D eigenvalue weighted by Gasteiger charge is 2.40. The third kappa shape index (κ3) is 2.86. The lowest BCUT2D eigenvalue weighted by Gasteiger charge is -2.43. The van der Waals surface area contributed by atoms with E-state index in [1.165, 1.54) is 0 Å². The van der Waals surface area contributed by atoms with Gasteiger partial charge in [-0.05, 0) is 22.4 Å². The molecule has 0 aromatic heterocycles. The van der Waals surface area contributed by atoms with Crippen LogP contribution in [0.2, 0.25) is 0 Å². The van der Waals surface area contributed by atoms with Crippen molar-refractivity contribution in [2.24, 2.45) is 0 Å². The van der Waals surface area contributed by atoms with Gasteiger partial charge in [-0.15, -0.1) is 0 Å². The second kappa shape index (κ2) is 6.32. The van der Waals surface area contributed by atoms with E-state index in [9.17, 15) is 20.4 Å². The van der Waals surface area contributed by atoms with E-state index in [0.29, 0.717) is 6.54 Å². The zero-order valence-electron chi connectivity index (χ0n) is 12.2. The quantitative estimate of drug-likeness (QED) is 0.646. The Labute approximate surface area is 129 Å². The smallest absolute Gasteiger partial charge is 0.109 e. The van der Waals surface area contributed by atoms with Gasteiger partial charge in [0.15, 0.2) is 0 Å². The number of piperidine rings is 1. The predicted molar refractivity (Wildman–Crippen MR) is 83.3 cm³/mol. The van der Waals surface area contributed by atoms with E-state index in [1.54, 1.807) is 0 Å². The lowest BCUT2D eigenvalue weighted by atomic mass is 9.93. The zero-order chi connectivity index (χ0) is 15.7. The molecule has 0 radical (unpaired) electrons. The lowest BCUT2D eigenvalue weighted by molar-refractivity contribution is -0.147. The van der Waals surface area contributed by atoms with Gasteiger partial charge in [-0.2, -0.15) is 0 Å². The molecule has 1 aliphatic rings. The molecular formula is C17H21NO4. The van der Waals surface area contributed by atoms with E-state index in [2.05, 4.69) is 6.07 Å². The minimum Gasteiger partial charge on any atom is -0.395 e. The molecule has 0 spiro atoms. The number of likely N-dealkylation sites (tertiary alicyclic amines) is 1. The van der Waals surface area contributed by atoms with Crippen molar-refractivity contribution in [1.82, 2.24) is 4.90 Å². The van der Waals surface area contributed by atoms with Crippen molar-refractivity contribution >= 4 is 10.8 Å². The second-order valence-electron chi connectivity index (χ2n) is 5.91. The maximum absolute atomic E-state index is 10.0. The average Bonchev–Trinajstić information content (AvgIpc) is 2.53. The first-order valence-electron chi connectivity index (χ1n) is 7.47. The summed E-state index contributed by atoms with van der Waals surface area (Å²) in [5.41, 5.74) is 1.04. The molecule has 4 N–H and O–H groups in total. The summed E-state index contributed by atoms with van der Waals surface area (Å²) in [4.78, 5) is 1.81. The molecule has 0 saturated carbocycles. The molecule has 1 fully saturated rings. The molecule has 5 heteroatoms. The Morgan fingerprint density at radius 1 is 0.955 bits per heavy atom. The van der Waals surface area contributed by atoms with Crippen LogP contribution in [0.25, 0.3) is 10.8 Å².